The molecule has 3 rings (SSSR count). The summed E-state index contributed by atoms with van der Waals surface area (Å²) in [6.07, 6.45) is 2.66. The molecule has 0 heterocycles. The van der Waals surface area contributed by atoms with Gasteiger partial charge in [0.2, 0.25) is 5.91 Å². The van der Waals surface area contributed by atoms with Crippen molar-refractivity contribution >= 4 is 17.5 Å². The first-order valence-corrected chi connectivity index (χ1v) is 5.75. The largest absolute Gasteiger partial charge is 0.353 e. The standard InChI is InChI=1S/C11H18ClNO/c1-7(2)8(3)13-9(14)10-4-11(12,5-10)6-10/h7-8H,4-6H2,1-3H3,(H,13,14)/t8-,10?,11?/m1/s1. The van der Waals surface area contributed by atoms with Crippen LogP contribution in [0.2, 0.25) is 0 Å². The molecule has 0 spiro atoms. The van der Waals surface area contributed by atoms with Crippen molar-refractivity contribution in [3.05, 3.63) is 0 Å². The molecule has 0 aliphatic heterocycles. The predicted molar refractivity (Wildman–Crippen MR) is 57.3 cm³/mol. The van der Waals surface area contributed by atoms with Gasteiger partial charge < -0.3 is 5.32 Å². The molecule has 0 aromatic rings. The molecule has 0 aromatic heterocycles. The van der Waals surface area contributed by atoms with Crippen LogP contribution in [-0.4, -0.2) is 16.8 Å². The van der Waals surface area contributed by atoms with E-state index in [-0.39, 0.29) is 22.2 Å². The molecule has 0 radical (unpaired) electrons. The molecule has 1 atom stereocenters. The molecule has 3 heteroatoms. The van der Waals surface area contributed by atoms with Crippen LogP contribution >= 0.6 is 11.6 Å². The van der Waals surface area contributed by atoms with Crippen molar-refractivity contribution in [2.75, 3.05) is 0 Å². The van der Waals surface area contributed by atoms with E-state index in [4.69, 9.17) is 11.6 Å². The zero-order valence-electron chi connectivity index (χ0n) is 9.06. The highest BCUT2D eigenvalue weighted by Crippen LogP contribution is 2.70. The molecule has 3 aliphatic rings. The van der Waals surface area contributed by atoms with Crippen molar-refractivity contribution in [1.29, 1.82) is 0 Å². The predicted octanol–water partition coefficient (Wildman–Crippen LogP) is 2.31. The van der Waals surface area contributed by atoms with Gasteiger partial charge in [0.05, 0.1) is 5.41 Å². The number of rotatable bonds is 3. The van der Waals surface area contributed by atoms with Gasteiger partial charge in [-0.05, 0) is 32.1 Å². The lowest BCUT2D eigenvalue weighted by atomic mass is 9.43. The highest BCUT2D eigenvalue weighted by atomic mass is 35.5. The maximum Gasteiger partial charge on any atom is 0.226 e. The maximum absolute atomic E-state index is 11.9. The summed E-state index contributed by atoms with van der Waals surface area (Å²) in [4.78, 5) is 11.9. The van der Waals surface area contributed by atoms with Gasteiger partial charge in [-0.3, -0.25) is 4.79 Å². The summed E-state index contributed by atoms with van der Waals surface area (Å²) < 4.78 is 0. The van der Waals surface area contributed by atoms with Crippen molar-refractivity contribution in [1.82, 2.24) is 5.32 Å². The third kappa shape index (κ3) is 1.35. The minimum absolute atomic E-state index is 0.00158. The van der Waals surface area contributed by atoms with E-state index < -0.39 is 0 Å². The Kier molecular flexibility index (Phi) is 2.11. The third-order valence-electron chi connectivity index (χ3n) is 3.81. The Labute approximate surface area is 90.4 Å². The van der Waals surface area contributed by atoms with Crippen LogP contribution < -0.4 is 5.32 Å². The molecular weight excluding hydrogens is 198 g/mol. The molecule has 1 N–H and O–H groups in total. The fraction of sp³-hybridized carbons (Fsp3) is 0.909. The zero-order valence-corrected chi connectivity index (χ0v) is 9.82. The van der Waals surface area contributed by atoms with Gasteiger partial charge in [0.1, 0.15) is 0 Å². The van der Waals surface area contributed by atoms with Gasteiger partial charge in [-0.1, -0.05) is 13.8 Å². The van der Waals surface area contributed by atoms with E-state index in [1.54, 1.807) is 0 Å². The Morgan fingerprint density at radius 2 is 1.79 bits per heavy atom. The molecule has 1 amide bonds. The molecule has 0 unspecified atom stereocenters. The summed E-state index contributed by atoms with van der Waals surface area (Å²) in [7, 11) is 0. The Balaban J connectivity index is 1.86. The number of amides is 1. The molecule has 3 saturated carbocycles. The maximum atomic E-state index is 11.9. The van der Waals surface area contributed by atoms with E-state index in [0.29, 0.717) is 5.92 Å². The topological polar surface area (TPSA) is 29.1 Å². The van der Waals surface area contributed by atoms with Crippen LogP contribution in [0.15, 0.2) is 0 Å². The summed E-state index contributed by atoms with van der Waals surface area (Å²) >= 11 is 6.12. The second-order valence-corrected chi connectivity index (χ2v) is 6.27. The SMILES string of the molecule is CC(C)[C@@H](C)NC(=O)C12CC(Cl)(C1)C2. The van der Waals surface area contributed by atoms with Gasteiger partial charge in [-0.25, -0.2) is 0 Å². The molecule has 14 heavy (non-hydrogen) atoms. The lowest BCUT2D eigenvalue weighted by Gasteiger charge is -2.66. The third-order valence-corrected chi connectivity index (χ3v) is 4.21. The van der Waals surface area contributed by atoms with E-state index in [9.17, 15) is 4.79 Å². The van der Waals surface area contributed by atoms with Crippen LogP contribution in [0.1, 0.15) is 40.0 Å². The molecular formula is C11H18ClNO. The number of carbonyl (C=O) groups is 1. The van der Waals surface area contributed by atoms with Gasteiger partial charge in [0.25, 0.3) is 0 Å². The number of halogens is 1. The minimum Gasteiger partial charge on any atom is -0.353 e. The molecule has 3 aliphatic carbocycles. The smallest absolute Gasteiger partial charge is 0.226 e. The number of hydrogen-bond donors (Lipinski definition) is 1. The van der Waals surface area contributed by atoms with Gasteiger partial charge in [-0.2, -0.15) is 0 Å². The molecule has 3 fully saturated rings. The first-order chi connectivity index (χ1) is 6.37. The monoisotopic (exact) mass is 215 g/mol. The fourth-order valence-electron chi connectivity index (χ4n) is 2.43. The second kappa shape index (κ2) is 2.88. The average Bonchev–Trinajstić information content (AvgIpc) is 1.96. The van der Waals surface area contributed by atoms with Gasteiger partial charge in [0.15, 0.2) is 0 Å². The molecule has 80 valence electrons. The van der Waals surface area contributed by atoms with E-state index in [0.717, 1.165) is 19.3 Å². The second-order valence-electron chi connectivity index (χ2n) is 5.47. The quantitative estimate of drug-likeness (QED) is 0.720. The van der Waals surface area contributed by atoms with Crippen molar-refractivity contribution < 1.29 is 4.79 Å². The molecule has 2 nitrogen and oxygen atoms in total. The first-order valence-electron chi connectivity index (χ1n) is 5.37. The van der Waals surface area contributed by atoms with E-state index in [1.807, 2.05) is 0 Å². The van der Waals surface area contributed by atoms with Crippen LogP contribution in [0.5, 0.6) is 0 Å². The highest BCUT2D eigenvalue weighted by Gasteiger charge is 2.70. The zero-order chi connectivity index (χ0) is 10.6. The summed E-state index contributed by atoms with van der Waals surface area (Å²) in [6.45, 7) is 6.30. The molecule has 0 saturated heterocycles. The fourth-order valence-corrected chi connectivity index (χ4v) is 3.20. The van der Waals surface area contributed by atoms with Gasteiger partial charge >= 0.3 is 0 Å². The summed E-state index contributed by atoms with van der Waals surface area (Å²) in [5.41, 5.74) is -0.0785. The van der Waals surface area contributed by atoms with Crippen molar-refractivity contribution in [3.63, 3.8) is 0 Å². The van der Waals surface area contributed by atoms with Crippen molar-refractivity contribution in [2.24, 2.45) is 11.3 Å². The van der Waals surface area contributed by atoms with Crippen LogP contribution in [0, 0.1) is 11.3 Å². The highest BCUT2D eigenvalue weighted by molar-refractivity contribution is 6.27. The van der Waals surface area contributed by atoms with Crippen molar-refractivity contribution in [3.8, 4) is 0 Å². The molecule has 2 bridgehead atoms. The summed E-state index contributed by atoms with van der Waals surface area (Å²) in [6, 6.07) is 0.266. The minimum atomic E-state index is -0.0785. The van der Waals surface area contributed by atoms with Crippen LogP contribution in [-0.2, 0) is 4.79 Å². The first kappa shape index (κ1) is 10.3. The number of hydrogen-bond acceptors (Lipinski definition) is 1. The number of alkyl halides is 1. The number of nitrogens with one attached hydrogen (secondary N) is 1. The van der Waals surface area contributed by atoms with Crippen LogP contribution in [0.4, 0.5) is 0 Å². The summed E-state index contributed by atoms with van der Waals surface area (Å²) in [5, 5.41) is 3.08. The van der Waals surface area contributed by atoms with Crippen LogP contribution in [0.25, 0.3) is 0 Å². The lowest BCUT2D eigenvalue weighted by Crippen LogP contribution is -2.70. The Bertz CT molecular complexity index is 255. The van der Waals surface area contributed by atoms with Crippen LogP contribution in [0.3, 0.4) is 0 Å². The van der Waals surface area contributed by atoms with E-state index in [2.05, 4.69) is 26.1 Å². The Hall–Kier alpha value is -0.240. The van der Waals surface area contributed by atoms with E-state index in [1.165, 1.54) is 0 Å². The van der Waals surface area contributed by atoms with Crippen molar-refractivity contribution in [2.45, 2.75) is 50.9 Å². The van der Waals surface area contributed by atoms with Gasteiger partial charge in [0, 0.05) is 10.9 Å². The summed E-state index contributed by atoms with van der Waals surface area (Å²) in [5.74, 6) is 0.720. The molecule has 0 aromatic carbocycles. The number of carbonyl (C=O) groups excluding carboxylic acids is 1. The Morgan fingerprint density at radius 3 is 2.14 bits per heavy atom. The Morgan fingerprint density at radius 1 is 1.29 bits per heavy atom. The normalized spacial score (nSPS) is 41.2. The van der Waals surface area contributed by atoms with E-state index >= 15 is 0 Å². The average molecular weight is 216 g/mol. The lowest BCUT2D eigenvalue weighted by molar-refractivity contribution is -0.159. The van der Waals surface area contributed by atoms with Gasteiger partial charge in [-0.15, -0.1) is 11.6 Å².